The molecule has 1 fully saturated rings. The normalized spacial score (nSPS) is 16.4. The lowest BCUT2D eigenvalue weighted by molar-refractivity contribution is -0.137. The summed E-state index contributed by atoms with van der Waals surface area (Å²) in [6, 6.07) is 4.97. The maximum absolute atomic E-state index is 12.9. The van der Waals surface area contributed by atoms with E-state index in [1.807, 2.05) is 0 Å². The molecule has 1 aliphatic rings. The third-order valence-corrected chi connectivity index (χ3v) is 4.35. The molecule has 1 aromatic heterocycles. The minimum atomic E-state index is -4.45. The van der Waals surface area contributed by atoms with Crippen LogP contribution in [0.15, 0.2) is 24.3 Å². The van der Waals surface area contributed by atoms with Crippen LogP contribution in [0.3, 0.4) is 0 Å². The Balaban J connectivity index is 1.96. The first kappa shape index (κ1) is 17.6. The second-order valence-electron chi connectivity index (χ2n) is 6.08. The zero-order valence-electron chi connectivity index (χ0n) is 13.8. The Morgan fingerprint density at radius 3 is 2.48 bits per heavy atom. The van der Waals surface area contributed by atoms with Gasteiger partial charge in [-0.3, -0.25) is 0 Å². The number of methoxy groups -OCH3 is 1. The highest BCUT2D eigenvalue weighted by Crippen LogP contribution is 2.37. The molecule has 0 radical (unpaired) electrons. The maximum atomic E-state index is 12.9. The third kappa shape index (κ3) is 3.45. The van der Waals surface area contributed by atoms with Gasteiger partial charge in [0, 0.05) is 24.6 Å². The van der Waals surface area contributed by atoms with Crippen molar-refractivity contribution in [2.45, 2.75) is 19.2 Å². The van der Waals surface area contributed by atoms with Crippen LogP contribution in [0.25, 0.3) is 11.3 Å². The Labute approximate surface area is 142 Å². The zero-order chi connectivity index (χ0) is 18.2. The van der Waals surface area contributed by atoms with Gasteiger partial charge < -0.3 is 15.2 Å². The number of rotatable bonds is 4. The summed E-state index contributed by atoms with van der Waals surface area (Å²) in [6.45, 7) is 3.21. The monoisotopic (exact) mass is 353 g/mol. The number of benzene rings is 1. The standard InChI is InChI=1S/C17H18F3N3O2/c1-9-5-13(16(24)10-7-21-8-10)22-23-15(9)12-4-3-11(17(18,19)20)6-14(12)25-2/h3-6,10,16,21,24H,7-8H2,1-2H3. The highest BCUT2D eigenvalue weighted by Gasteiger charge is 2.32. The molecule has 0 bridgehead atoms. The molecule has 25 heavy (non-hydrogen) atoms. The first-order valence-electron chi connectivity index (χ1n) is 7.80. The molecule has 3 rings (SSSR count). The van der Waals surface area contributed by atoms with Crippen LogP contribution < -0.4 is 10.1 Å². The van der Waals surface area contributed by atoms with Crippen LogP contribution in [0.4, 0.5) is 13.2 Å². The summed E-state index contributed by atoms with van der Waals surface area (Å²) >= 11 is 0. The number of ether oxygens (including phenoxy) is 1. The zero-order valence-corrected chi connectivity index (χ0v) is 13.8. The van der Waals surface area contributed by atoms with Gasteiger partial charge in [0.1, 0.15) is 11.9 Å². The van der Waals surface area contributed by atoms with Gasteiger partial charge in [-0.2, -0.15) is 18.3 Å². The summed E-state index contributed by atoms with van der Waals surface area (Å²) in [5, 5.41) is 21.5. The molecule has 0 amide bonds. The number of halogens is 3. The van der Waals surface area contributed by atoms with Gasteiger partial charge in [0.25, 0.3) is 0 Å². The average Bonchev–Trinajstić information content (AvgIpc) is 2.51. The number of aliphatic hydroxyl groups excluding tert-OH is 1. The smallest absolute Gasteiger partial charge is 0.416 e. The molecule has 0 spiro atoms. The Hall–Kier alpha value is -2.19. The van der Waals surface area contributed by atoms with E-state index in [-0.39, 0.29) is 11.7 Å². The quantitative estimate of drug-likeness (QED) is 0.885. The number of aryl methyl sites for hydroxylation is 1. The summed E-state index contributed by atoms with van der Waals surface area (Å²) in [7, 11) is 1.31. The van der Waals surface area contributed by atoms with E-state index in [9.17, 15) is 18.3 Å². The number of aliphatic hydroxyl groups is 1. The van der Waals surface area contributed by atoms with E-state index in [0.717, 1.165) is 25.2 Å². The predicted molar refractivity (Wildman–Crippen MR) is 85.1 cm³/mol. The van der Waals surface area contributed by atoms with E-state index in [0.29, 0.717) is 22.5 Å². The minimum absolute atomic E-state index is 0.0729. The van der Waals surface area contributed by atoms with Gasteiger partial charge in [-0.25, -0.2) is 0 Å². The molecular weight excluding hydrogens is 335 g/mol. The highest BCUT2D eigenvalue weighted by molar-refractivity contribution is 5.70. The molecule has 0 saturated carbocycles. The fourth-order valence-corrected chi connectivity index (χ4v) is 2.76. The summed E-state index contributed by atoms with van der Waals surface area (Å²) < 4.78 is 43.7. The third-order valence-electron chi connectivity index (χ3n) is 4.35. The van der Waals surface area contributed by atoms with E-state index < -0.39 is 17.8 Å². The Morgan fingerprint density at radius 1 is 1.24 bits per heavy atom. The molecule has 1 saturated heterocycles. The van der Waals surface area contributed by atoms with Crippen molar-refractivity contribution in [1.82, 2.24) is 15.5 Å². The van der Waals surface area contributed by atoms with Crippen molar-refractivity contribution < 1.29 is 23.0 Å². The second kappa shape index (κ2) is 6.61. The highest BCUT2D eigenvalue weighted by atomic mass is 19.4. The Kier molecular flexibility index (Phi) is 4.66. The van der Waals surface area contributed by atoms with Gasteiger partial charge in [0.15, 0.2) is 0 Å². The average molecular weight is 353 g/mol. The van der Waals surface area contributed by atoms with Gasteiger partial charge in [0.2, 0.25) is 0 Å². The van der Waals surface area contributed by atoms with Gasteiger partial charge >= 0.3 is 6.18 Å². The van der Waals surface area contributed by atoms with Gasteiger partial charge in [0.05, 0.1) is 24.1 Å². The van der Waals surface area contributed by atoms with Gasteiger partial charge in [-0.1, -0.05) is 0 Å². The molecule has 5 nitrogen and oxygen atoms in total. The first-order valence-corrected chi connectivity index (χ1v) is 7.80. The predicted octanol–water partition coefficient (Wildman–Crippen LogP) is 2.73. The van der Waals surface area contributed by atoms with Crippen molar-refractivity contribution in [3.8, 4) is 17.0 Å². The van der Waals surface area contributed by atoms with Crippen LogP contribution in [-0.4, -0.2) is 35.5 Å². The van der Waals surface area contributed by atoms with Crippen LogP contribution in [0.5, 0.6) is 5.75 Å². The molecule has 134 valence electrons. The lowest BCUT2D eigenvalue weighted by Crippen LogP contribution is -2.45. The largest absolute Gasteiger partial charge is 0.496 e. The lowest BCUT2D eigenvalue weighted by atomic mass is 9.93. The number of nitrogens with one attached hydrogen (secondary N) is 1. The fourth-order valence-electron chi connectivity index (χ4n) is 2.76. The van der Waals surface area contributed by atoms with Crippen molar-refractivity contribution in [3.63, 3.8) is 0 Å². The summed E-state index contributed by atoms with van der Waals surface area (Å²) in [5.74, 6) is 0.170. The topological polar surface area (TPSA) is 67.3 Å². The van der Waals surface area contributed by atoms with Crippen LogP contribution in [0, 0.1) is 12.8 Å². The number of hydrogen-bond donors (Lipinski definition) is 2. The summed E-state index contributed by atoms with van der Waals surface area (Å²) in [6.07, 6.45) is -5.16. The minimum Gasteiger partial charge on any atom is -0.496 e. The SMILES string of the molecule is COc1cc(C(F)(F)F)ccc1-c1nnc(C(O)C2CNC2)cc1C. The van der Waals surface area contributed by atoms with Gasteiger partial charge in [-0.05, 0) is 36.8 Å². The van der Waals surface area contributed by atoms with Crippen LogP contribution in [0.1, 0.15) is 22.9 Å². The molecule has 2 aromatic rings. The molecule has 2 N–H and O–H groups in total. The van der Waals surface area contributed by atoms with Crippen LogP contribution >= 0.6 is 0 Å². The van der Waals surface area contributed by atoms with Crippen molar-refractivity contribution >= 4 is 0 Å². The molecule has 1 atom stereocenters. The number of hydrogen-bond acceptors (Lipinski definition) is 5. The van der Waals surface area contributed by atoms with Gasteiger partial charge in [-0.15, -0.1) is 5.10 Å². The molecule has 1 aromatic carbocycles. The molecule has 8 heteroatoms. The van der Waals surface area contributed by atoms with E-state index in [2.05, 4.69) is 15.5 Å². The van der Waals surface area contributed by atoms with E-state index in [1.165, 1.54) is 13.2 Å². The van der Waals surface area contributed by atoms with Crippen molar-refractivity contribution in [2.75, 3.05) is 20.2 Å². The molecular formula is C17H18F3N3O2. The Bertz CT molecular complexity index is 776. The second-order valence-corrected chi connectivity index (χ2v) is 6.08. The van der Waals surface area contributed by atoms with Crippen molar-refractivity contribution in [2.24, 2.45) is 5.92 Å². The number of alkyl halides is 3. The number of aromatic nitrogens is 2. The Morgan fingerprint density at radius 2 is 1.96 bits per heavy atom. The van der Waals surface area contributed by atoms with Crippen molar-refractivity contribution in [1.29, 1.82) is 0 Å². The number of nitrogens with zero attached hydrogens (tertiary/aromatic N) is 2. The molecule has 2 heterocycles. The summed E-state index contributed by atoms with van der Waals surface area (Å²) in [4.78, 5) is 0. The van der Waals surface area contributed by atoms with E-state index in [4.69, 9.17) is 4.74 Å². The molecule has 1 aliphatic heterocycles. The van der Waals surface area contributed by atoms with Crippen LogP contribution in [0.2, 0.25) is 0 Å². The lowest BCUT2D eigenvalue weighted by Gasteiger charge is -2.31. The molecule has 0 aliphatic carbocycles. The van der Waals surface area contributed by atoms with E-state index >= 15 is 0 Å². The van der Waals surface area contributed by atoms with E-state index in [1.54, 1.807) is 13.0 Å². The van der Waals surface area contributed by atoms with Crippen molar-refractivity contribution in [3.05, 3.63) is 41.1 Å². The van der Waals surface area contributed by atoms with Crippen LogP contribution in [-0.2, 0) is 6.18 Å². The fraction of sp³-hybridized carbons (Fsp3) is 0.412. The first-order chi connectivity index (χ1) is 11.8. The summed E-state index contributed by atoms with van der Waals surface area (Å²) in [5.41, 5.74) is 1.22. The maximum Gasteiger partial charge on any atom is 0.416 e. The molecule has 1 unspecified atom stereocenters.